The maximum atomic E-state index is 11.7. The second kappa shape index (κ2) is 7.48. The molecule has 1 rings (SSSR count). The Bertz CT molecular complexity index is 386. The molecule has 4 nitrogen and oxygen atoms in total. The first kappa shape index (κ1) is 14.2. The third kappa shape index (κ3) is 4.57. The van der Waals surface area contributed by atoms with Gasteiger partial charge in [-0.05, 0) is 12.0 Å². The number of benzene rings is 1. The van der Waals surface area contributed by atoms with Gasteiger partial charge in [-0.25, -0.2) is 0 Å². The largest absolute Gasteiger partial charge is 0.481 e. The number of ether oxygens (including phenoxy) is 1. The molecule has 1 N–H and O–H groups in total. The molecule has 0 spiro atoms. The Morgan fingerprint density at radius 2 is 1.94 bits per heavy atom. The normalized spacial score (nSPS) is 11.8. The van der Waals surface area contributed by atoms with E-state index in [9.17, 15) is 9.59 Å². The van der Waals surface area contributed by atoms with Gasteiger partial charge in [-0.2, -0.15) is 0 Å². The summed E-state index contributed by atoms with van der Waals surface area (Å²) in [5.41, 5.74) is 0.852. The van der Waals surface area contributed by atoms with E-state index in [0.29, 0.717) is 12.8 Å². The van der Waals surface area contributed by atoms with Crippen molar-refractivity contribution in [3.63, 3.8) is 0 Å². The molecular formula is C14H18O4. The lowest BCUT2D eigenvalue weighted by molar-refractivity contribution is -0.160. The molecule has 4 heteroatoms. The number of carboxylic acid groups (broad SMARTS) is 1. The number of carbonyl (C=O) groups excluding carboxylic acids is 1. The van der Waals surface area contributed by atoms with Crippen molar-refractivity contribution in [2.75, 3.05) is 0 Å². The van der Waals surface area contributed by atoms with Crippen LogP contribution in [-0.4, -0.2) is 17.0 Å². The van der Waals surface area contributed by atoms with Crippen LogP contribution in [-0.2, 0) is 20.9 Å². The zero-order chi connectivity index (χ0) is 13.4. The maximum absolute atomic E-state index is 11.7. The molecule has 0 fully saturated rings. The van der Waals surface area contributed by atoms with E-state index in [-0.39, 0.29) is 6.61 Å². The number of carboxylic acids is 1. The number of hydrogen-bond donors (Lipinski definition) is 1. The molecule has 0 aromatic heterocycles. The molecule has 1 aromatic rings. The molecule has 1 aromatic carbocycles. The van der Waals surface area contributed by atoms with Gasteiger partial charge >= 0.3 is 11.9 Å². The van der Waals surface area contributed by atoms with Crippen LogP contribution in [0.3, 0.4) is 0 Å². The summed E-state index contributed by atoms with van der Waals surface area (Å²) >= 11 is 0. The standard InChI is InChI=1S/C14H18O4/c1-2-3-9-12(13(15)16)14(17)18-10-11-7-5-4-6-8-11/h4-8,12H,2-3,9-10H2,1H3,(H,15,16). The highest BCUT2D eigenvalue weighted by Gasteiger charge is 2.26. The first-order chi connectivity index (χ1) is 8.65. The number of esters is 1. The smallest absolute Gasteiger partial charge is 0.320 e. The summed E-state index contributed by atoms with van der Waals surface area (Å²) in [6, 6.07) is 9.21. The number of aliphatic carboxylic acids is 1. The summed E-state index contributed by atoms with van der Waals surface area (Å²) in [5.74, 6) is -2.81. The van der Waals surface area contributed by atoms with E-state index in [1.54, 1.807) is 0 Å². The van der Waals surface area contributed by atoms with Gasteiger partial charge in [0.15, 0.2) is 5.92 Å². The Hall–Kier alpha value is -1.84. The average Bonchev–Trinajstić information content (AvgIpc) is 2.37. The second-order valence-corrected chi connectivity index (χ2v) is 4.13. The molecule has 0 bridgehead atoms. The minimum absolute atomic E-state index is 0.121. The zero-order valence-electron chi connectivity index (χ0n) is 10.5. The molecule has 1 atom stereocenters. The lowest BCUT2D eigenvalue weighted by Crippen LogP contribution is -2.25. The van der Waals surface area contributed by atoms with Crippen LogP contribution in [0.5, 0.6) is 0 Å². The average molecular weight is 250 g/mol. The van der Waals surface area contributed by atoms with Gasteiger partial charge in [-0.3, -0.25) is 9.59 Å². The van der Waals surface area contributed by atoms with Crippen molar-refractivity contribution in [2.24, 2.45) is 5.92 Å². The summed E-state index contributed by atoms with van der Waals surface area (Å²) in [6.45, 7) is 2.07. The van der Waals surface area contributed by atoms with Crippen molar-refractivity contribution >= 4 is 11.9 Å². The van der Waals surface area contributed by atoms with Crippen molar-refractivity contribution < 1.29 is 19.4 Å². The van der Waals surface area contributed by atoms with E-state index in [2.05, 4.69) is 0 Å². The van der Waals surface area contributed by atoms with Crippen LogP contribution >= 0.6 is 0 Å². The van der Waals surface area contributed by atoms with Gasteiger partial charge in [-0.1, -0.05) is 50.1 Å². The Labute approximate surface area is 107 Å². The van der Waals surface area contributed by atoms with Gasteiger partial charge in [0.1, 0.15) is 6.61 Å². The lowest BCUT2D eigenvalue weighted by Gasteiger charge is -2.11. The predicted molar refractivity (Wildman–Crippen MR) is 66.9 cm³/mol. The van der Waals surface area contributed by atoms with Crippen LogP contribution in [0.4, 0.5) is 0 Å². The Balaban J connectivity index is 2.49. The van der Waals surface area contributed by atoms with Crippen LogP contribution in [0.15, 0.2) is 30.3 Å². The van der Waals surface area contributed by atoms with E-state index < -0.39 is 17.9 Å². The Morgan fingerprint density at radius 1 is 1.28 bits per heavy atom. The molecule has 0 aliphatic rings. The summed E-state index contributed by atoms with van der Waals surface area (Å²) in [4.78, 5) is 22.6. The first-order valence-electron chi connectivity index (χ1n) is 6.08. The second-order valence-electron chi connectivity index (χ2n) is 4.13. The minimum atomic E-state index is -1.11. The maximum Gasteiger partial charge on any atom is 0.320 e. The van der Waals surface area contributed by atoms with Gasteiger partial charge < -0.3 is 9.84 Å². The molecule has 1 unspecified atom stereocenters. The van der Waals surface area contributed by atoms with Crippen molar-refractivity contribution in [3.8, 4) is 0 Å². The van der Waals surface area contributed by atoms with Gasteiger partial charge in [-0.15, -0.1) is 0 Å². The summed E-state index contributed by atoms with van der Waals surface area (Å²) in [6.07, 6.45) is 1.90. The Kier molecular flexibility index (Phi) is 5.91. The molecule has 0 aliphatic heterocycles. The van der Waals surface area contributed by atoms with E-state index in [4.69, 9.17) is 9.84 Å². The van der Waals surface area contributed by atoms with Crippen molar-refractivity contribution in [3.05, 3.63) is 35.9 Å². The molecule has 18 heavy (non-hydrogen) atoms. The van der Waals surface area contributed by atoms with E-state index in [1.165, 1.54) is 0 Å². The van der Waals surface area contributed by atoms with Gasteiger partial charge in [0.25, 0.3) is 0 Å². The minimum Gasteiger partial charge on any atom is -0.481 e. The highest BCUT2D eigenvalue weighted by molar-refractivity contribution is 5.93. The van der Waals surface area contributed by atoms with E-state index in [1.807, 2.05) is 37.3 Å². The fourth-order valence-electron chi connectivity index (χ4n) is 1.58. The monoisotopic (exact) mass is 250 g/mol. The van der Waals surface area contributed by atoms with Gasteiger partial charge in [0.2, 0.25) is 0 Å². The van der Waals surface area contributed by atoms with E-state index >= 15 is 0 Å². The van der Waals surface area contributed by atoms with Crippen LogP contribution < -0.4 is 0 Å². The molecule has 0 amide bonds. The molecule has 98 valence electrons. The van der Waals surface area contributed by atoms with Crippen LogP contribution in [0.2, 0.25) is 0 Å². The third-order valence-electron chi connectivity index (χ3n) is 2.65. The number of hydrogen-bond acceptors (Lipinski definition) is 3. The number of carbonyl (C=O) groups is 2. The zero-order valence-corrected chi connectivity index (χ0v) is 10.5. The fourth-order valence-corrected chi connectivity index (χ4v) is 1.58. The van der Waals surface area contributed by atoms with E-state index in [0.717, 1.165) is 12.0 Å². The van der Waals surface area contributed by atoms with Crippen molar-refractivity contribution in [1.82, 2.24) is 0 Å². The van der Waals surface area contributed by atoms with Crippen LogP contribution in [0, 0.1) is 5.92 Å². The molecule has 0 saturated heterocycles. The van der Waals surface area contributed by atoms with Crippen molar-refractivity contribution in [1.29, 1.82) is 0 Å². The van der Waals surface area contributed by atoms with Gasteiger partial charge in [0, 0.05) is 0 Å². The summed E-state index contributed by atoms with van der Waals surface area (Å²) in [7, 11) is 0. The quantitative estimate of drug-likeness (QED) is 0.597. The van der Waals surface area contributed by atoms with Crippen LogP contribution in [0.1, 0.15) is 31.7 Å². The summed E-state index contributed by atoms with van der Waals surface area (Å²) < 4.78 is 5.03. The van der Waals surface area contributed by atoms with Gasteiger partial charge in [0.05, 0.1) is 0 Å². The number of rotatable bonds is 7. The Morgan fingerprint density at radius 3 is 2.50 bits per heavy atom. The highest BCUT2D eigenvalue weighted by Crippen LogP contribution is 2.12. The molecule has 0 aliphatic carbocycles. The molecule has 0 saturated carbocycles. The lowest BCUT2D eigenvalue weighted by atomic mass is 10.0. The summed E-state index contributed by atoms with van der Waals surface area (Å²) in [5, 5.41) is 8.97. The third-order valence-corrected chi connectivity index (χ3v) is 2.65. The molecule has 0 radical (unpaired) electrons. The molecule has 0 heterocycles. The van der Waals surface area contributed by atoms with Crippen LogP contribution in [0.25, 0.3) is 0 Å². The fraction of sp³-hybridized carbons (Fsp3) is 0.429. The SMILES string of the molecule is CCCCC(C(=O)O)C(=O)OCc1ccccc1. The van der Waals surface area contributed by atoms with Crippen molar-refractivity contribution in [2.45, 2.75) is 32.8 Å². The highest BCUT2D eigenvalue weighted by atomic mass is 16.5. The first-order valence-corrected chi connectivity index (χ1v) is 6.08. The predicted octanol–water partition coefficient (Wildman–Crippen LogP) is 2.62. The molecular weight excluding hydrogens is 232 g/mol. The topological polar surface area (TPSA) is 63.6 Å². The number of unbranched alkanes of at least 4 members (excludes halogenated alkanes) is 1.